The van der Waals surface area contributed by atoms with Gasteiger partial charge >= 0.3 is 0 Å². The molecule has 1 fully saturated rings. The molecule has 0 spiro atoms. The lowest BCUT2D eigenvalue weighted by Crippen LogP contribution is -2.25. The molecule has 1 aliphatic heterocycles. The van der Waals surface area contributed by atoms with Crippen LogP contribution in [0, 0.1) is 5.82 Å². The van der Waals surface area contributed by atoms with Crippen LogP contribution in [0.1, 0.15) is 17.5 Å². The van der Waals surface area contributed by atoms with Gasteiger partial charge in [0.1, 0.15) is 5.82 Å². The van der Waals surface area contributed by atoms with Crippen molar-refractivity contribution in [2.24, 2.45) is 5.73 Å². The maximum Gasteiger partial charge on any atom is 0.128 e. The molecule has 0 saturated carbocycles. The fourth-order valence-electron chi connectivity index (χ4n) is 2.04. The Bertz CT molecular complexity index is 362. The maximum atomic E-state index is 13.8. The van der Waals surface area contributed by atoms with Gasteiger partial charge in [0.15, 0.2) is 0 Å². The minimum Gasteiger partial charge on any atom is -0.326 e. The molecule has 0 atom stereocenters. The first-order valence-electron chi connectivity index (χ1n) is 6.07. The van der Waals surface area contributed by atoms with Gasteiger partial charge in [0.2, 0.25) is 0 Å². The number of halogens is 1. The summed E-state index contributed by atoms with van der Waals surface area (Å²) in [6.07, 6.45) is 1.20. The van der Waals surface area contributed by atoms with Crippen molar-refractivity contribution in [3.8, 4) is 0 Å². The van der Waals surface area contributed by atoms with E-state index in [-0.39, 0.29) is 5.82 Å². The van der Waals surface area contributed by atoms with E-state index in [4.69, 9.17) is 5.73 Å². The summed E-state index contributed by atoms with van der Waals surface area (Å²) in [6.45, 7) is 3.25. The summed E-state index contributed by atoms with van der Waals surface area (Å²) in [5.41, 5.74) is 7.14. The Hall–Kier alpha value is -0.580. The molecule has 4 heteroatoms. The molecule has 0 bridgehead atoms. The van der Waals surface area contributed by atoms with E-state index in [2.05, 4.69) is 4.90 Å². The van der Waals surface area contributed by atoms with Gasteiger partial charge in [-0.15, -0.1) is 0 Å². The summed E-state index contributed by atoms with van der Waals surface area (Å²) < 4.78 is 13.8. The molecule has 1 heterocycles. The Morgan fingerprint density at radius 1 is 1.29 bits per heavy atom. The second kappa shape index (κ2) is 6.38. The van der Waals surface area contributed by atoms with Crippen molar-refractivity contribution >= 4 is 11.8 Å². The fourth-order valence-corrected chi connectivity index (χ4v) is 2.97. The topological polar surface area (TPSA) is 29.3 Å². The van der Waals surface area contributed by atoms with Gasteiger partial charge in [-0.3, -0.25) is 4.90 Å². The van der Waals surface area contributed by atoms with Gasteiger partial charge in [0.25, 0.3) is 0 Å². The third kappa shape index (κ3) is 3.69. The monoisotopic (exact) mass is 254 g/mol. The highest BCUT2D eigenvalue weighted by atomic mass is 32.2. The van der Waals surface area contributed by atoms with Crippen LogP contribution in [-0.2, 0) is 13.1 Å². The standard InChI is InChI=1S/C13H19FN2S/c14-13-8-11(9-15)2-3-12(13)10-16-4-1-6-17-7-5-16/h2-3,8H,1,4-7,9-10,15H2. The molecule has 2 N–H and O–H groups in total. The molecule has 94 valence electrons. The molecular weight excluding hydrogens is 235 g/mol. The Balaban J connectivity index is 2.01. The summed E-state index contributed by atoms with van der Waals surface area (Å²) in [5.74, 6) is 2.26. The zero-order valence-electron chi connectivity index (χ0n) is 9.99. The van der Waals surface area contributed by atoms with Gasteiger partial charge in [-0.1, -0.05) is 12.1 Å². The van der Waals surface area contributed by atoms with E-state index in [9.17, 15) is 4.39 Å². The van der Waals surface area contributed by atoms with Crippen molar-refractivity contribution in [2.75, 3.05) is 24.6 Å². The minimum atomic E-state index is -0.121. The van der Waals surface area contributed by atoms with E-state index in [0.717, 1.165) is 36.5 Å². The summed E-state index contributed by atoms with van der Waals surface area (Å²) in [7, 11) is 0. The molecular formula is C13H19FN2S. The van der Waals surface area contributed by atoms with Crippen LogP contribution < -0.4 is 5.73 Å². The van der Waals surface area contributed by atoms with Crippen molar-refractivity contribution in [1.82, 2.24) is 4.90 Å². The molecule has 0 amide bonds. The highest BCUT2D eigenvalue weighted by molar-refractivity contribution is 7.99. The fraction of sp³-hybridized carbons (Fsp3) is 0.538. The molecule has 0 aromatic heterocycles. The van der Waals surface area contributed by atoms with Crippen molar-refractivity contribution < 1.29 is 4.39 Å². The van der Waals surface area contributed by atoms with Crippen LogP contribution in [0.25, 0.3) is 0 Å². The highest BCUT2D eigenvalue weighted by Crippen LogP contribution is 2.16. The van der Waals surface area contributed by atoms with E-state index in [0.29, 0.717) is 6.54 Å². The summed E-state index contributed by atoms with van der Waals surface area (Å²) in [6, 6.07) is 5.35. The van der Waals surface area contributed by atoms with Crippen LogP contribution in [0.15, 0.2) is 18.2 Å². The Kier molecular flexibility index (Phi) is 4.83. The molecule has 0 aliphatic carbocycles. The molecule has 2 nitrogen and oxygen atoms in total. The SMILES string of the molecule is NCc1ccc(CN2CCCSCC2)c(F)c1. The Morgan fingerprint density at radius 2 is 2.18 bits per heavy atom. The first kappa shape index (κ1) is 12.9. The van der Waals surface area contributed by atoms with Gasteiger partial charge in [-0.2, -0.15) is 11.8 Å². The van der Waals surface area contributed by atoms with Gasteiger partial charge in [0, 0.05) is 31.0 Å². The van der Waals surface area contributed by atoms with Crippen LogP contribution in [0.4, 0.5) is 4.39 Å². The lowest BCUT2D eigenvalue weighted by atomic mass is 10.1. The average Bonchev–Trinajstić information content (AvgIpc) is 2.60. The van der Waals surface area contributed by atoms with Gasteiger partial charge < -0.3 is 5.73 Å². The van der Waals surface area contributed by atoms with Crippen LogP contribution in [0.2, 0.25) is 0 Å². The average molecular weight is 254 g/mol. The van der Waals surface area contributed by atoms with E-state index >= 15 is 0 Å². The zero-order valence-corrected chi connectivity index (χ0v) is 10.8. The number of hydrogen-bond donors (Lipinski definition) is 1. The second-order valence-electron chi connectivity index (χ2n) is 4.37. The van der Waals surface area contributed by atoms with Gasteiger partial charge in [0.05, 0.1) is 0 Å². The summed E-state index contributed by atoms with van der Waals surface area (Å²) in [5, 5.41) is 0. The van der Waals surface area contributed by atoms with Crippen molar-refractivity contribution in [1.29, 1.82) is 0 Å². The molecule has 1 saturated heterocycles. The third-order valence-electron chi connectivity index (χ3n) is 3.06. The molecule has 2 rings (SSSR count). The van der Waals surface area contributed by atoms with E-state index in [1.54, 1.807) is 6.07 Å². The lowest BCUT2D eigenvalue weighted by molar-refractivity contribution is 0.283. The lowest BCUT2D eigenvalue weighted by Gasteiger charge is -2.19. The predicted molar refractivity (Wildman–Crippen MR) is 71.5 cm³/mol. The molecule has 1 aliphatic rings. The quantitative estimate of drug-likeness (QED) is 0.897. The number of nitrogens with zero attached hydrogens (tertiary/aromatic N) is 1. The Morgan fingerprint density at radius 3 is 2.94 bits per heavy atom. The van der Waals surface area contributed by atoms with Crippen LogP contribution in [0.3, 0.4) is 0 Å². The first-order valence-corrected chi connectivity index (χ1v) is 7.22. The van der Waals surface area contributed by atoms with Crippen molar-refractivity contribution in [3.05, 3.63) is 35.1 Å². The Labute approximate surface area is 106 Å². The molecule has 0 radical (unpaired) electrons. The van der Waals surface area contributed by atoms with Crippen LogP contribution in [-0.4, -0.2) is 29.5 Å². The normalized spacial score (nSPS) is 18.0. The van der Waals surface area contributed by atoms with E-state index in [1.165, 1.54) is 12.2 Å². The number of hydrogen-bond acceptors (Lipinski definition) is 3. The second-order valence-corrected chi connectivity index (χ2v) is 5.60. The highest BCUT2D eigenvalue weighted by Gasteiger charge is 2.12. The van der Waals surface area contributed by atoms with Gasteiger partial charge in [-0.05, 0) is 30.3 Å². The van der Waals surface area contributed by atoms with Crippen LogP contribution in [0.5, 0.6) is 0 Å². The number of nitrogens with two attached hydrogens (primary N) is 1. The summed E-state index contributed by atoms with van der Waals surface area (Å²) in [4.78, 5) is 2.33. The number of benzene rings is 1. The number of thioether (sulfide) groups is 1. The van der Waals surface area contributed by atoms with E-state index in [1.807, 2.05) is 23.9 Å². The molecule has 1 aromatic carbocycles. The van der Waals surface area contributed by atoms with E-state index < -0.39 is 0 Å². The summed E-state index contributed by atoms with van der Waals surface area (Å²) >= 11 is 1.99. The maximum absolute atomic E-state index is 13.8. The third-order valence-corrected chi connectivity index (χ3v) is 4.11. The molecule has 1 aromatic rings. The zero-order chi connectivity index (χ0) is 12.1. The number of rotatable bonds is 3. The van der Waals surface area contributed by atoms with Crippen molar-refractivity contribution in [2.45, 2.75) is 19.5 Å². The smallest absolute Gasteiger partial charge is 0.128 e. The van der Waals surface area contributed by atoms with Gasteiger partial charge in [-0.25, -0.2) is 4.39 Å². The minimum absolute atomic E-state index is 0.121. The molecule has 0 unspecified atom stereocenters. The first-order chi connectivity index (χ1) is 8.29. The predicted octanol–water partition coefficient (Wildman–Crippen LogP) is 2.22. The van der Waals surface area contributed by atoms with Crippen LogP contribution >= 0.6 is 11.8 Å². The largest absolute Gasteiger partial charge is 0.326 e. The van der Waals surface area contributed by atoms with Crippen molar-refractivity contribution in [3.63, 3.8) is 0 Å². The molecule has 17 heavy (non-hydrogen) atoms.